The van der Waals surface area contributed by atoms with Gasteiger partial charge in [0.15, 0.2) is 0 Å². The first-order chi connectivity index (χ1) is 5.39. The quantitative estimate of drug-likeness (QED) is 0.608. The third-order valence-corrected chi connectivity index (χ3v) is 0.733. The molecule has 0 aromatic heterocycles. The van der Waals surface area contributed by atoms with Crippen LogP contribution in [0, 0.1) is 5.82 Å². The van der Waals surface area contributed by atoms with E-state index in [0.29, 0.717) is 0 Å². The SMILES string of the molecule is Fc1ccccc1.O=S(=O)(O)O. The van der Waals surface area contributed by atoms with Crippen LogP contribution < -0.4 is 0 Å². The molecule has 0 heterocycles. The molecule has 0 fully saturated rings. The van der Waals surface area contributed by atoms with E-state index in [2.05, 4.69) is 0 Å². The number of rotatable bonds is 0. The van der Waals surface area contributed by atoms with Crippen molar-refractivity contribution in [2.24, 2.45) is 0 Å². The molecule has 0 atom stereocenters. The van der Waals surface area contributed by atoms with Crippen LogP contribution in [0.25, 0.3) is 0 Å². The van der Waals surface area contributed by atoms with Crippen molar-refractivity contribution < 1.29 is 21.9 Å². The predicted molar refractivity (Wildman–Crippen MR) is 40.6 cm³/mol. The fourth-order valence-electron chi connectivity index (χ4n) is 0.415. The lowest BCUT2D eigenvalue weighted by atomic mass is 10.4. The van der Waals surface area contributed by atoms with Crippen molar-refractivity contribution in [3.8, 4) is 0 Å². The van der Waals surface area contributed by atoms with Crippen molar-refractivity contribution in [1.82, 2.24) is 0 Å². The summed E-state index contributed by atoms with van der Waals surface area (Å²) in [6, 6.07) is 7.94. The first kappa shape index (κ1) is 11.0. The number of halogens is 1. The molecule has 6 heteroatoms. The highest BCUT2D eigenvalue weighted by Gasteiger charge is 1.84. The molecule has 0 bridgehead atoms. The topological polar surface area (TPSA) is 74.6 Å². The second kappa shape index (κ2) is 4.81. The summed E-state index contributed by atoms with van der Waals surface area (Å²) in [5.74, 6) is -0.178. The van der Waals surface area contributed by atoms with Gasteiger partial charge < -0.3 is 0 Å². The van der Waals surface area contributed by atoms with E-state index in [0.717, 1.165) is 0 Å². The van der Waals surface area contributed by atoms with Gasteiger partial charge in [-0.1, -0.05) is 18.2 Å². The molecule has 0 aliphatic heterocycles. The molecule has 0 aliphatic carbocycles. The second-order valence-electron chi connectivity index (χ2n) is 1.74. The molecule has 2 N–H and O–H groups in total. The van der Waals surface area contributed by atoms with Gasteiger partial charge in [-0.15, -0.1) is 0 Å². The van der Waals surface area contributed by atoms with Gasteiger partial charge in [0.2, 0.25) is 0 Å². The van der Waals surface area contributed by atoms with Crippen LogP contribution >= 0.6 is 0 Å². The molecule has 0 saturated carbocycles. The number of benzene rings is 1. The summed E-state index contributed by atoms with van der Waals surface area (Å²) in [6.45, 7) is 0. The maximum Gasteiger partial charge on any atom is 0.394 e. The summed E-state index contributed by atoms with van der Waals surface area (Å²) in [7, 11) is -4.67. The molecule has 4 nitrogen and oxygen atoms in total. The van der Waals surface area contributed by atoms with Gasteiger partial charge in [-0.05, 0) is 12.1 Å². The van der Waals surface area contributed by atoms with Crippen LogP contribution in [-0.2, 0) is 10.4 Å². The summed E-state index contributed by atoms with van der Waals surface area (Å²) in [4.78, 5) is 0. The van der Waals surface area contributed by atoms with Crippen LogP contribution in [0.1, 0.15) is 0 Å². The summed E-state index contributed by atoms with van der Waals surface area (Å²) >= 11 is 0. The van der Waals surface area contributed by atoms with Crippen LogP contribution in [0.5, 0.6) is 0 Å². The van der Waals surface area contributed by atoms with Gasteiger partial charge in [-0.3, -0.25) is 9.11 Å². The smallest absolute Gasteiger partial charge is 0.264 e. The fraction of sp³-hybridized carbons (Fsp3) is 0. The van der Waals surface area contributed by atoms with Crippen molar-refractivity contribution in [2.45, 2.75) is 0 Å². The monoisotopic (exact) mass is 194 g/mol. The lowest BCUT2D eigenvalue weighted by Crippen LogP contribution is -1.89. The van der Waals surface area contributed by atoms with E-state index in [4.69, 9.17) is 17.5 Å². The Balaban J connectivity index is 0.000000217. The van der Waals surface area contributed by atoms with Gasteiger partial charge >= 0.3 is 10.4 Å². The van der Waals surface area contributed by atoms with Crippen molar-refractivity contribution >= 4 is 10.4 Å². The Labute approximate surface area is 69.2 Å². The standard InChI is InChI=1S/C6H5F.H2O4S/c7-6-4-2-1-3-5-6;1-5(2,3)4/h1-5H;(H2,1,2,3,4). The molecular weight excluding hydrogens is 187 g/mol. The third-order valence-electron chi connectivity index (χ3n) is 0.733. The van der Waals surface area contributed by atoms with E-state index in [9.17, 15) is 4.39 Å². The van der Waals surface area contributed by atoms with E-state index in [1.165, 1.54) is 12.1 Å². The Morgan fingerprint density at radius 3 is 1.58 bits per heavy atom. The Bertz CT molecular complexity index is 300. The first-order valence-corrected chi connectivity index (χ1v) is 4.20. The van der Waals surface area contributed by atoms with E-state index in [-0.39, 0.29) is 5.82 Å². The maximum absolute atomic E-state index is 11.9. The van der Waals surface area contributed by atoms with Gasteiger partial charge in [0.25, 0.3) is 0 Å². The first-order valence-electron chi connectivity index (χ1n) is 2.80. The maximum atomic E-state index is 11.9. The molecule has 1 aromatic carbocycles. The largest absolute Gasteiger partial charge is 0.394 e. The molecule has 0 amide bonds. The highest BCUT2D eigenvalue weighted by Crippen LogP contribution is 1.91. The molecule has 0 aliphatic rings. The highest BCUT2D eigenvalue weighted by molar-refractivity contribution is 7.79. The lowest BCUT2D eigenvalue weighted by molar-refractivity contribution is 0.381. The van der Waals surface area contributed by atoms with Crippen LogP contribution in [0.3, 0.4) is 0 Å². The van der Waals surface area contributed by atoms with Crippen molar-refractivity contribution in [3.05, 3.63) is 36.1 Å². The zero-order chi connectivity index (χ0) is 9.61. The minimum atomic E-state index is -4.67. The third kappa shape index (κ3) is 11.8. The van der Waals surface area contributed by atoms with E-state index in [1.807, 2.05) is 0 Å². The predicted octanol–water partition coefficient (Wildman–Crippen LogP) is 1.17. The number of hydrogen-bond acceptors (Lipinski definition) is 2. The molecule has 68 valence electrons. The number of hydrogen-bond donors (Lipinski definition) is 2. The molecule has 12 heavy (non-hydrogen) atoms. The normalized spacial score (nSPS) is 9.92. The molecule has 1 rings (SSSR count). The van der Waals surface area contributed by atoms with Crippen molar-refractivity contribution in [2.75, 3.05) is 0 Å². The van der Waals surface area contributed by atoms with Crippen LogP contribution in [0.2, 0.25) is 0 Å². The summed E-state index contributed by atoms with van der Waals surface area (Å²) in [5, 5.41) is 0. The van der Waals surface area contributed by atoms with Crippen LogP contribution in [0.15, 0.2) is 30.3 Å². The molecule has 0 spiro atoms. The van der Waals surface area contributed by atoms with Crippen LogP contribution in [-0.4, -0.2) is 17.5 Å². The summed E-state index contributed by atoms with van der Waals surface area (Å²) in [5.41, 5.74) is 0. The summed E-state index contributed by atoms with van der Waals surface area (Å²) < 4.78 is 43.5. The van der Waals surface area contributed by atoms with Gasteiger partial charge in [-0.2, -0.15) is 8.42 Å². The Hall–Kier alpha value is -0.980. The minimum absolute atomic E-state index is 0.178. The van der Waals surface area contributed by atoms with Crippen molar-refractivity contribution in [3.63, 3.8) is 0 Å². The second-order valence-corrected chi connectivity index (χ2v) is 2.64. The van der Waals surface area contributed by atoms with E-state index in [1.54, 1.807) is 18.2 Å². The average Bonchev–Trinajstić information content (AvgIpc) is 1.85. The zero-order valence-electron chi connectivity index (χ0n) is 5.88. The van der Waals surface area contributed by atoms with Gasteiger partial charge in [0.1, 0.15) is 5.82 Å². The fourth-order valence-corrected chi connectivity index (χ4v) is 0.415. The molecule has 0 saturated heterocycles. The van der Waals surface area contributed by atoms with Gasteiger partial charge in [0, 0.05) is 0 Å². The van der Waals surface area contributed by atoms with E-state index >= 15 is 0 Å². The molecule has 0 radical (unpaired) electrons. The zero-order valence-corrected chi connectivity index (χ0v) is 6.70. The van der Waals surface area contributed by atoms with Gasteiger partial charge in [0.05, 0.1) is 0 Å². The molecular formula is C6H7FO4S. The average molecular weight is 194 g/mol. The Morgan fingerprint density at radius 1 is 1.08 bits per heavy atom. The van der Waals surface area contributed by atoms with Crippen molar-refractivity contribution in [1.29, 1.82) is 0 Å². The Morgan fingerprint density at radius 2 is 1.42 bits per heavy atom. The molecule has 0 unspecified atom stereocenters. The summed E-state index contributed by atoms with van der Waals surface area (Å²) in [6.07, 6.45) is 0. The van der Waals surface area contributed by atoms with E-state index < -0.39 is 10.4 Å². The Kier molecular flexibility index (Phi) is 4.42. The van der Waals surface area contributed by atoms with Gasteiger partial charge in [-0.25, -0.2) is 4.39 Å². The minimum Gasteiger partial charge on any atom is -0.264 e. The molecule has 1 aromatic rings. The highest BCUT2D eigenvalue weighted by atomic mass is 32.3. The lowest BCUT2D eigenvalue weighted by Gasteiger charge is -1.78. The van der Waals surface area contributed by atoms with Crippen LogP contribution in [0.4, 0.5) is 4.39 Å².